The highest BCUT2D eigenvalue weighted by Crippen LogP contribution is 2.31. The molecule has 37 heavy (non-hydrogen) atoms. The van der Waals surface area contributed by atoms with Crippen LogP contribution in [0.3, 0.4) is 0 Å². The Bertz CT molecular complexity index is 1260. The zero-order valence-electron chi connectivity index (χ0n) is 21.1. The van der Waals surface area contributed by atoms with Gasteiger partial charge in [0.05, 0.1) is 13.0 Å². The highest BCUT2D eigenvalue weighted by molar-refractivity contribution is 5.87. The first-order chi connectivity index (χ1) is 18.2. The third-order valence-corrected chi connectivity index (χ3v) is 6.80. The normalized spacial score (nSPS) is 13.9. The number of carbonyl (C=O) groups is 1. The number of benzene rings is 4. The molecule has 5 nitrogen and oxygen atoms in total. The van der Waals surface area contributed by atoms with Crippen LogP contribution in [0.2, 0.25) is 0 Å². The SMILES string of the molecule is COc1ccccc1Oc1cccc(CN2CCN(C(=O)C(c3ccccc3)c3ccccc3)CC2)c1. The van der Waals surface area contributed by atoms with E-state index in [0.717, 1.165) is 36.5 Å². The summed E-state index contributed by atoms with van der Waals surface area (Å²) in [7, 11) is 1.64. The molecular weight excluding hydrogens is 460 g/mol. The highest BCUT2D eigenvalue weighted by atomic mass is 16.5. The molecule has 0 spiro atoms. The second kappa shape index (κ2) is 11.8. The molecule has 4 aromatic carbocycles. The first-order valence-corrected chi connectivity index (χ1v) is 12.7. The predicted molar refractivity (Wildman–Crippen MR) is 146 cm³/mol. The number of rotatable bonds is 8. The molecule has 0 unspecified atom stereocenters. The number of nitrogens with zero attached hydrogens (tertiary/aromatic N) is 2. The molecule has 5 rings (SSSR count). The summed E-state index contributed by atoms with van der Waals surface area (Å²) in [6, 6.07) is 36.0. The summed E-state index contributed by atoms with van der Waals surface area (Å²) in [5, 5.41) is 0. The lowest BCUT2D eigenvalue weighted by Gasteiger charge is -2.36. The standard InChI is InChI=1S/C32H32N2O3/c1-36-29-17-8-9-18-30(29)37-28-16-10-11-25(23-28)24-33-19-21-34(22-20-33)32(35)31(26-12-4-2-5-13-26)27-14-6-3-7-15-27/h2-18,23,31H,19-22,24H2,1H3. The summed E-state index contributed by atoms with van der Waals surface area (Å²) in [5.41, 5.74) is 3.25. The molecule has 0 N–H and O–H groups in total. The lowest BCUT2D eigenvalue weighted by Crippen LogP contribution is -2.49. The Balaban J connectivity index is 1.22. The summed E-state index contributed by atoms with van der Waals surface area (Å²) in [5.74, 6) is 2.07. The van der Waals surface area contributed by atoms with Gasteiger partial charge in [-0.2, -0.15) is 0 Å². The number of methoxy groups -OCH3 is 1. The molecule has 1 saturated heterocycles. The molecule has 1 fully saturated rings. The number of hydrogen-bond donors (Lipinski definition) is 0. The van der Waals surface area contributed by atoms with E-state index in [4.69, 9.17) is 9.47 Å². The van der Waals surface area contributed by atoms with Crippen molar-refractivity contribution in [1.82, 2.24) is 9.80 Å². The van der Waals surface area contributed by atoms with Crippen LogP contribution >= 0.6 is 0 Å². The predicted octanol–water partition coefficient (Wildman–Crippen LogP) is 5.96. The number of amides is 1. The van der Waals surface area contributed by atoms with Crippen LogP contribution in [0, 0.1) is 0 Å². The molecule has 0 atom stereocenters. The monoisotopic (exact) mass is 492 g/mol. The first-order valence-electron chi connectivity index (χ1n) is 12.7. The number of carbonyl (C=O) groups excluding carboxylic acids is 1. The summed E-state index contributed by atoms with van der Waals surface area (Å²) in [4.78, 5) is 18.1. The minimum Gasteiger partial charge on any atom is -0.493 e. The van der Waals surface area contributed by atoms with Gasteiger partial charge in [0.15, 0.2) is 11.5 Å². The highest BCUT2D eigenvalue weighted by Gasteiger charge is 2.29. The number of hydrogen-bond acceptors (Lipinski definition) is 4. The van der Waals surface area contributed by atoms with Crippen LogP contribution < -0.4 is 9.47 Å². The van der Waals surface area contributed by atoms with Gasteiger partial charge in [-0.05, 0) is 41.0 Å². The van der Waals surface area contributed by atoms with Gasteiger partial charge in [-0.15, -0.1) is 0 Å². The number of piperazine rings is 1. The Morgan fingerprint density at radius 3 is 1.95 bits per heavy atom. The van der Waals surface area contributed by atoms with Gasteiger partial charge >= 0.3 is 0 Å². The van der Waals surface area contributed by atoms with Gasteiger partial charge in [-0.1, -0.05) is 84.9 Å². The minimum atomic E-state index is -0.280. The fourth-order valence-electron chi connectivity index (χ4n) is 4.87. The molecule has 1 amide bonds. The maximum Gasteiger partial charge on any atom is 0.234 e. The van der Waals surface area contributed by atoms with Crippen molar-refractivity contribution in [3.05, 3.63) is 126 Å². The zero-order chi connectivity index (χ0) is 25.5. The molecule has 0 saturated carbocycles. The van der Waals surface area contributed by atoms with Gasteiger partial charge in [0.1, 0.15) is 5.75 Å². The lowest BCUT2D eigenvalue weighted by atomic mass is 9.90. The maximum absolute atomic E-state index is 13.7. The van der Waals surface area contributed by atoms with Crippen LogP contribution in [0.5, 0.6) is 17.2 Å². The van der Waals surface area contributed by atoms with Crippen molar-refractivity contribution in [3.8, 4) is 17.2 Å². The number of para-hydroxylation sites is 2. The lowest BCUT2D eigenvalue weighted by molar-refractivity contribution is -0.133. The zero-order valence-corrected chi connectivity index (χ0v) is 21.1. The van der Waals surface area contributed by atoms with E-state index in [1.807, 2.05) is 102 Å². The smallest absolute Gasteiger partial charge is 0.234 e. The number of ether oxygens (including phenoxy) is 2. The van der Waals surface area contributed by atoms with Crippen LogP contribution in [0.4, 0.5) is 0 Å². The Hall–Kier alpha value is -4.09. The summed E-state index contributed by atoms with van der Waals surface area (Å²) in [6.07, 6.45) is 0. The summed E-state index contributed by atoms with van der Waals surface area (Å²) >= 11 is 0. The quantitative estimate of drug-likeness (QED) is 0.304. The molecule has 0 bridgehead atoms. The van der Waals surface area contributed by atoms with Crippen molar-refractivity contribution in [1.29, 1.82) is 0 Å². The van der Waals surface area contributed by atoms with Gasteiger partial charge in [0, 0.05) is 32.7 Å². The van der Waals surface area contributed by atoms with E-state index < -0.39 is 0 Å². The van der Waals surface area contributed by atoms with Gasteiger partial charge < -0.3 is 14.4 Å². The average Bonchev–Trinajstić information content (AvgIpc) is 2.95. The molecule has 1 aliphatic heterocycles. The molecule has 1 aliphatic rings. The fourth-order valence-corrected chi connectivity index (χ4v) is 4.87. The summed E-state index contributed by atoms with van der Waals surface area (Å²) in [6.45, 7) is 3.91. The van der Waals surface area contributed by atoms with Gasteiger partial charge in [0.2, 0.25) is 5.91 Å². The van der Waals surface area contributed by atoms with E-state index in [2.05, 4.69) is 17.0 Å². The minimum absolute atomic E-state index is 0.171. The van der Waals surface area contributed by atoms with Crippen molar-refractivity contribution in [2.75, 3.05) is 33.3 Å². The van der Waals surface area contributed by atoms with E-state index in [9.17, 15) is 4.79 Å². The second-order valence-electron chi connectivity index (χ2n) is 9.26. The summed E-state index contributed by atoms with van der Waals surface area (Å²) < 4.78 is 11.5. The molecule has 4 aromatic rings. The largest absolute Gasteiger partial charge is 0.493 e. The van der Waals surface area contributed by atoms with Crippen LogP contribution in [0.15, 0.2) is 109 Å². The van der Waals surface area contributed by atoms with Crippen LogP contribution in [-0.4, -0.2) is 49.0 Å². The van der Waals surface area contributed by atoms with Gasteiger partial charge in [0.25, 0.3) is 0 Å². The molecule has 0 aromatic heterocycles. The van der Waals surface area contributed by atoms with E-state index in [0.29, 0.717) is 24.6 Å². The maximum atomic E-state index is 13.7. The van der Waals surface area contributed by atoms with Crippen LogP contribution in [0.1, 0.15) is 22.6 Å². The van der Waals surface area contributed by atoms with E-state index in [1.165, 1.54) is 5.56 Å². The van der Waals surface area contributed by atoms with Crippen molar-refractivity contribution in [2.45, 2.75) is 12.5 Å². The third kappa shape index (κ3) is 6.01. The first kappa shape index (κ1) is 24.6. The van der Waals surface area contributed by atoms with E-state index >= 15 is 0 Å². The average molecular weight is 493 g/mol. The molecule has 188 valence electrons. The Morgan fingerprint density at radius 2 is 1.32 bits per heavy atom. The Morgan fingerprint density at radius 1 is 0.730 bits per heavy atom. The van der Waals surface area contributed by atoms with Crippen molar-refractivity contribution >= 4 is 5.91 Å². The van der Waals surface area contributed by atoms with Crippen LogP contribution in [0.25, 0.3) is 0 Å². The topological polar surface area (TPSA) is 42.0 Å². The molecule has 0 aliphatic carbocycles. The fraction of sp³-hybridized carbons (Fsp3) is 0.219. The molecular formula is C32H32N2O3. The molecule has 0 radical (unpaired) electrons. The Kier molecular flexibility index (Phi) is 7.82. The van der Waals surface area contributed by atoms with E-state index in [1.54, 1.807) is 7.11 Å². The molecule has 1 heterocycles. The molecule has 5 heteroatoms. The van der Waals surface area contributed by atoms with Gasteiger partial charge in [-0.25, -0.2) is 0 Å². The second-order valence-corrected chi connectivity index (χ2v) is 9.26. The van der Waals surface area contributed by atoms with Crippen molar-refractivity contribution in [2.24, 2.45) is 0 Å². The van der Waals surface area contributed by atoms with Crippen LogP contribution in [-0.2, 0) is 11.3 Å². The van der Waals surface area contributed by atoms with Crippen molar-refractivity contribution in [3.63, 3.8) is 0 Å². The Labute approximate surface area is 218 Å². The third-order valence-electron chi connectivity index (χ3n) is 6.80. The van der Waals surface area contributed by atoms with Gasteiger partial charge in [-0.3, -0.25) is 9.69 Å². The van der Waals surface area contributed by atoms with Crippen molar-refractivity contribution < 1.29 is 14.3 Å². The van der Waals surface area contributed by atoms with E-state index in [-0.39, 0.29) is 11.8 Å².